The van der Waals surface area contributed by atoms with Gasteiger partial charge in [0.1, 0.15) is 0 Å². The lowest BCUT2D eigenvalue weighted by Gasteiger charge is -2.05. The van der Waals surface area contributed by atoms with Gasteiger partial charge in [-0.15, -0.1) is 0 Å². The van der Waals surface area contributed by atoms with Gasteiger partial charge in [-0.25, -0.2) is 4.98 Å². The molecule has 0 spiro atoms. The van der Waals surface area contributed by atoms with Crippen LogP contribution < -0.4 is 17.0 Å². The van der Waals surface area contributed by atoms with Crippen molar-refractivity contribution in [2.45, 2.75) is 11.2 Å². The zero-order valence-electron chi connectivity index (χ0n) is 7.27. The predicted molar refractivity (Wildman–Crippen MR) is 52.8 cm³/mol. The van der Waals surface area contributed by atoms with E-state index in [4.69, 9.17) is 11.5 Å². The summed E-state index contributed by atoms with van der Waals surface area (Å²) in [5.74, 6) is -0.279. The first kappa shape index (κ1) is 10.7. The summed E-state index contributed by atoms with van der Waals surface area (Å²) >= 11 is 1.18. The molecule has 6 nitrogen and oxygen atoms in total. The molecule has 0 radical (unpaired) electrons. The molecular weight excluding hydrogens is 204 g/mol. The summed E-state index contributed by atoms with van der Waals surface area (Å²) in [6.07, 6.45) is 1.39. The van der Waals surface area contributed by atoms with Crippen LogP contribution in [-0.4, -0.2) is 27.7 Å². The maximum atomic E-state index is 10.8. The second-order valence-electron chi connectivity index (χ2n) is 2.56. The number of carbonyl (C=O) groups is 1. The molecule has 0 aliphatic heterocycles. The average Bonchev–Trinajstić information content (AvgIpc) is 2.14. The molecule has 0 aliphatic rings. The summed E-state index contributed by atoms with van der Waals surface area (Å²) in [5.41, 5.74) is 10.1. The predicted octanol–water partition coefficient (Wildman–Crippen LogP) is -1.33. The molecule has 14 heavy (non-hydrogen) atoms. The molecule has 0 aliphatic carbocycles. The van der Waals surface area contributed by atoms with Gasteiger partial charge in [-0.3, -0.25) is 9.59 Å². The van der Waals surface area contributed by atoms with Crippen LogP contribution in [0, 0.1) is 0 Å². The van der Waals surface area contributed by atoms with Gasteiger partial charge in [-0.1, -0.05) is 11.8 Å². The molecule has 76 valence electrons. The quantitative estimate of drug-likeness (QED) is 0.424. The van der Waals surface area contributed by atoms with Crippen LogP contribution in [-0.2, 0) is 4.79 Å². The van der Waals surface area contributed by atoms with Crippen LogP contribution >= 0.6 is 11.8 Å². The fourth-order valence-electron chi connectivity index (χ4n) is 0.676. The van der Waals surface area contributed by atoms with Gasteiger partial charge < -0.3 is 16.5 Å². The molecule has 1 atom stereocenters. The zero-order chi connectivity index (χ0) is 10.6. The van der Waals surface area contributed by atoms with Gasteiger partial charge >= 0.3 is 0 Å². The molecule has 5 N–H and O–H groups in total. The number of nitrogens with one attached hydrogen (secondary N) is 1. The number of amides is 1. The van der Waals surface area contributed by atoms with Gasteiger partial charge in [-0.05, 0) is 0 Å². The Kier molecular flexibility index (Phi) is 3.66. The number of nitrogens with two attached hydrogens (primary N) is 2. The third-order valence-electron chi connectivity index (χ3n) is 1.41. The molecule has 1 heterocycles. The number of aromatic amines is 1. The Morgan fingerprint density at radius 2 is 2.43 bits per heavy atom. The average molecular weight is 214 g/mol. The molecule has 1 aromatic heterocycles. The van der Waals surface area contributed by atoms with E-state index < -0.39 is 11.9 Å². The van der Waals surface area contributed by atoms with Crippen molar-refractivity contribution in [3.8, 4) is 0 Å². The van der Waals surface area contributed by atoms with E-state index in [1.54, 1.807) is 0 Å². The Morgan fingerprint density at radius 3 is 3.00 bits per heavy atom. The highest BCUT2D eigenvalue weighted by atomic mass is 32.2. The Bertz CT molecular complexity index is 378. The summed E-state index contributed by atoms with van der Waals surface area (Å²) in [7, 11) is 0. The second-order valence-corrected chi connectivity index (χ2v) is 3.57. The van der Waals surface area contributed by atoms with Crippen LogP contribution in [0.4, 0.5) is 0 Å². The van der Waals surface area contributed by atoms with E-state index in [0.29, 0.717) is 10.9 Å². The first-order valence-corrected chi connectivity index (χ1v) is 4.81. The van der Waals surface area contributed by atoms with E-state index in [9.17, 15) is 9.59 Å². The molecule has 7 heteroatoms. The van der Waals surface area contributed by atoms with Crippen LogP contribution in [0.2, 0.25) is 0 Å². The smallest absolute Gasteiger partial charge is 0.251 e. The SMILES string of the molecule is NC(=O)C(N)CSc1nccc(=O)[nH]1. The number of carbonyl (C=O) groups excluding carboxylic acids is 1. The number of hydrogen-bond acceptors (Lipinski definition) is 5. The molecule has 1 aromatic rings. The number of nitrogens with zero attached hydrogens (tertiary/aromatic N) is 1. The highest BCUT2D eigenvalue weighted by molar-refractivity contribution is 7.99. The van der Waals surface area contributed by atoms with Gasteiger partial charge in [0.2, 0.25) is 5.91 Å². The van der Waals surface area contributed by atoms with Crippen molar-refractivity contribution in [3.63, 3.8) is 0 Å². The number of aromatic nitrogens is 2. The summed E-state index contributed by atoms with van der Waals surface area (Å²) in [4.78, 5) is 27.8. The summed E-state index contributed by atoms with van der Waals surface area (Å²) in [6, 6.07) is 0.573. The first-order valence-electron chi connectivity index (χ1n) is 3.82. The fraction of sp³-hybridized carbons (Fsp3) is 0.286. The second kappa shape index (κ2) is 4.77. The Labute approximate surface area is 84.1 Å². The summed E-state index contributed by atoms with van der Waals surface area (Å²) in [6.45, 7) is 0. The molecular formula is C7H10N4O2S. The van der Waals surface area contributed by atoms with Crippen molar-refractivity contribution < 1.29 is 4.79 Å². The standard InChI is InChI=1S/C7H10N4O2S/c8-4(6(9)13)3-14-7-10-2-1-5(12)11-7/h1-2,4H,3,8H2,(H2,9,13)(H,10,11,12). The molecule has 1 unspecified atom stereocenters. The van der Waals surface area contributed by atoms with Crippen molar-refractivity contribution in [1.82, 2.24) is 9.97 Å². The normalized spacial score (nSPS) is 12.4. The molecule has 0 saturated carbocycles. The van der Waals surface area contributed by atoms with E-state index in [2.05, 4.69) is 9.97 Å². The summed E-state index contributed by atoms with van der Waals surface area (Å²) < 4.78 is 0. The maximum absolute atomic E-state index is 10.8. The molecule has 0 aromatic carbocycles. The third kappa shape index (κ3) is 3.19. The van der Waals surface area contributed by atoms with Crippen molar-refractivity contribution in [1.29, 1.82) is 0 Å². The summed E-state index contributed by atoms with van der Waals surface area (Å²) in [5, 5.41) is 0.425. The van der Waals surface area contributed by atoms with E-state index in [-0.39, 0.29) is 5.56 Å². The first-order chi connectivity index (χ1) is 6.59. The Morgan fingerprint density at radius 1 is 1.71 bits per heavy atom. The molecule has 0 fully saturated rings. The minimum atomic E-state index is -0.731. The highest BCUT2D eigenvalue weighted by Crippen LogP contribution is 2.10. The maximum Gasteiger partial charge on any atom is 0.251 e. The highest BCUT2D eigenvalue weighted by Gasteiger charge is 2.09. The lowest BCUT2D eigenvalue weighted by Crippen LogP contribution is -2.38. The lowest BCUT2D eigenvalue weighted by molar-refractivity contribution is -0.118. The van der Waals surface area contributed by atoms with Crippen LogP contribution in [0.5, 0.6) is 0 Å². The van der Waals surface area contributed by atoms with Gasteiger partial charge in [0, 0.05) is 18.0 Å². The number of thioether (sulfide) groups is 1. The van der Waals surface area contributed by atoms with Crippen molar-refractivity contribution in [2.75, 3.05) is 5.75 Å². The minimum absolute atomic E-state index is 0.241. The van der Waals surface area contributed by atoms with Crippen LogP contribution in [0.3, 0.4) is 0 Å². The van der Waals surface area contributed by atoms with E-state index in [1.807, 2.05) is 0 Å². The molecule has 1 rings (SSSR count). The topological polar surface area (TPSA) is 115 Å². The van der Waals surface area contributed by atoms with E-state index in [1.165, 1.54) is 24.0 Å². The zero-order valence-corrected chi connectivity index (χ0v) is 8.08. The van der Waals surface area contributed by atoms with Gasteiger partial charge in [0.15, 0.2) is 5.16 Å². The largest absolute Gasteiger partial charge is 0.368 e. The van der Waals surface area contributed by atoms with Crippen LogP contribution in [0.25, 0.3) is 0 Å². The van der Waals surface area contributed by atoms with Crippen molar-refractivity contribution >= 4 is 17.7 Å². The number of H-pyrrole nitrogens is 1. The molecule has 1 amide bonds. The fourth-order valence-corrected chi connectivity index (χ4v) is 1.49. The van der Waals surface area contributed by atoms with Crippen LogP contribution in [0.15, 0.2) is 22.2 Å². The lowest BCUT2D eigenvalue weighted by atomic mass is 10.3. The number of rotatable bonds is 4. The van der Waals surface area contributed by atoms with E-state index >= 15 is 0 Å². The molecule has 0 bridgehead atoms. The van der Waals surface area contributed by atoms with Gasteiger partial charge in [0.25, 0.3) is 5.56 Å². The Balaban J connectivity index is 2.54. The van der Waals surface area contributed by atoms with E-state index in [0.717, 1.165) is 0 Å². The minimum Gasteiger partial charge on any atom is -0.368 e. The third-order valence-corrected chi connectivity index (χ3v) is 2.42. The number of primary amides is 1. The van der Waals surface area contributed by atoms with Crippen LogP contribution in [0.1, 0.15) is 0 Å². The molecule has 0 saturated heterocycles. The van der Waals surface area contributed by atoms with Gasteiger partial charge in [-0.2, -0.15) is 0 Å². The Hall–Kier alpha value is -1.34. The number of hydrogen-bond donors (Lipinski definition) is 3. The monoisotopic (exact) mass is 214 g/mol. The van der Waals surface area contributed by atoms with Gasteiger partial charge in [0.05, 0.1) is 6.04 Å². The van der Waals surface area contributed by atoms with Crippen molar-refractivity contribution in [2.24, 2.45) is 11.5 Å². The van der Waals surface area contributed by atoms with Crippen molar-refractivity contribution in [3.05, 3.63) is 22.6 Å².